The van der Waals surface area contributed by atoms with Crippen molar-refractivity contribution in [1.29, 1.82) is 0 Å². The van der Waals surface area contributed by atoms with E-state index in [1.165, 1.54) is 6.20 Å². The first-order valence-corrected chi connectivity index (χ1v) is 12.3. The predicted molar refractivity (Wildman–Crippen MR) is 174 cm³/mol. The monoisotopic (exact) mass is 453 g/mol. The van der Waals surface area contributed by atoms with Crippen molar-refractivity contribution in [1.82, 2.24) is 9.97 Å². The summed E-state index contributed by atoms with van der Waals surface area (Å²) in [5.41, 5.74) is 4.00. The molecular weight excluding hydrogens is 413 g/mol. The molecule has 0 aliphatic heterocycles. The van der Waals surface area contributed by atoms with Gasteiger partial charge in [0.15, 0.2) is 0 Å². The molecule has 1 saturated carbocycles. The highest BCUT2D eigenvalue weighted by atomic mass is 16.3. The van der Waals surface area contributed by atoms with Gasteiger partial charge < -0.3 is 21.5 Å². The maximum Gasteiger partial charge on any atom is 0.254 e. The molecule has 0 saturated heterocycles. The highest BCUT2D eigenvalue weighted by Crippen LogP contribution is 2.78. The van der Waals surface area contributed by atoms with E-state index in [-0.39, 0.29) is 32.5 Å². The van der Waals surface area contributed by atoms with Crippen molar-refractivity contribution >= 4 is 104 Å². The number of nitrogens with zero attached hydrogens (tertiary/aromatic N) is 2. The average molecular weight is 451 g/mol. The number of nitrogens with one attached hydrogen (secondary N) is 2. The summed E-state index contributed by atoms with van der Waals surface area (Å²) in [4.78, 5) is 21.3. The van der Waals surface area contributed by atoms with E-state index in [1.807, 2.05) is 28.6 Å². The van der Waals surface area contributed by atoms with Gasteiger partial charge in [0.2, 0.25) is 5.95 Å². The van der Waals surface area contributed by atoms with E-state index >= 15 is 0 Å². The molecule has 2 rings (SSSR count). The van der Waals surface area contributed by atoms with E-state index in [2.05, 4.69) is 99.1 Å². The van der Waals surface area contributed by atoms with Crippen LogP contribution in [0.1, 0.15) is 31.1 Å². The van der Waals surface area contributed by atoms with Crippen molar-refractivity contribution in [3.05, 3.63) is 11.8 Å². The number of rotatable bonds is 5. The molecule has 1 aliphatic rings. The van der Waals surface area contributed by atoms with Crippen LogP contribution in [0.2, 0.25) is 26.7 Å². The Kier molecular flexibility index (Phi) is 6.99. The number of anilines is 2. The Balaban J connectivity index is 2.78. The van der Waals surface area contributed by atoms with E-state index in [1.54, 1.807) is 0 Å². The lowest BCUT2D eigenvalue weighted by Crippen LogP contribution is -2.76. The summed E-state index contributed by atoms with van der Waals surface area (Å²) in [5, 5.41) is 17.9. The second-order valence-electron chi connectivity index (χ2n) is 14.0. The molecule has 0 aromatic carbocycles. The van der Waals surface area contributed by atoms with Gasteiger partial charge in [-0.3, -0.25) is 4.79 Å². The molecular formula is C16H38B11N5O2. The van der Waals surface area contributed by atoms with Gasteiger partial charge in [0.25, 0.3) is 5.91 Å². The molecule has 4 unspecified atom stereocenters. The molecule has 1 heterocycles. The van der Waals surface area contributed by atoms with Gasteiger partial charge in [0, 0.05) is 17.2 Å². The zero-order valence-corrected chi connectivity index (χ0v) is 24.0. The normalized spacial score (nSPS) is 33.0. The molecule has 7 nitrogen and oxygen atoms in total. The largest absolute Gasteiger partial charge is 0.400 e. The summed E-state index contributed by atoms with van der Waals surface area (Å²) < 4.78 is 0. The molecule has 1 fully saturated rings. The highest BCUT2D eigenvalue weighted by Gasteiger charge is 2.72. The minimum Gasteiger partial charge on any atom is -0.400 e. The number of carbonyl (C=O) groups is 1. The van der Waals surface area contributed by atoms with E-state index in [0.717, 1.165) is 0 Å². The van der Waals surface area contributed by atoms with Crippen LogP contribution in [0.15, 0.2) is 6.20 Å². The summed E-state index contributed by atoms with van der Waals surface area (Å²) in [7, 11) is 24.0. The van der Waals surface area contributed by atoms with Crippen molar-refractivity contribution < 1.29 is 9.90 Å². The zero-order chi connectivity index (χ0) is 26.9. The third kappa shape index (κ3) is 4.00. The molecule has 172 valence electrons. The van der Waals surface area contributed by atoms with Crippen LogP contribution in [-0.2, 0) is 0 Å². The number of nitrogens with two attached hydrogens (primary N) is 1. The zero-order valence-electron chi connectivity index (χ0n) is 24.0. The molecule has 1 aromatic rings. The fourth-order valence-electron chi connectivity index (χ4n) is 6.70. The molecule has 0 radical (unpaired) electrons. The first-order chi connectivity index (χ1) is 14.9. The lowest BCUT2D eigenvalue weighted by atomic mass is 9.02. The number of hydrogen-bond donors (Lipinski definition) is 4. The van der Waals surface area contributed by atoms with Gasteiger partial charge in [-0.25, -0.2) is 4.98 Å². The number of carbonyl (C=O) groups excluding carboxylic acids is 1. The molecule has 0 bridgehead atoms. The maximum absolute atomic E-state index is 12.3. The molecule has 4 atom stereocenters. The summed E-state index contributed by atoms with van der Waals surface area (Å²) in [6.07, 6.45) is 1.47. The molecule has 0 spiro atoms. The van der Waals surface area contributed by atoms with Gasteiger partial charge in [-0.1, -0.05) is 15.7 Å². The first kappa shape index (κ1) is 29.1. The fourth-order valence-corrected chi connectivity index (χ4v) is 6.70. The Morgan fingerprint density at radius 2 is 1.56 bits per heavy atom. The summed E-state index contributed by atoms with van der Waals surface area (Å²) in [6.45, 7) is 6.06. The van der Waals surface area contributed by atoms with Crippen molar-refractivity contribution in [2.75, 3.05) is 10.6 Å². The van der Waals surface area contributed by atoms with Gasteiger partial charge in [0.05, 0.1) is 44.8 Å². The van der Waals surface area contributed by atoms with Crippen LogP contribution in [0.4, 0.5) is 11.8 Å². The van der Waals surface area contributed by atoms with Crippen molar-refractivity contribution in [3.8, 4) is 0 Å². The van der Waals surface area contributed by atoms with E-state index < -0.39 is 22.2 Å². The summed E-state index contributed by atoms with van der Waals surface area (Å²) in [6, 6.07) is 0. The topological polar surface area (TPSA) is 113 Å². The van der Waals surface area contributed by atoms with Crippen molar-refractivity contribution in [2.45, 2.75) is 63.9 Å². The summed E-state index contributed by atoms with van der Waals surface area (Å²) in [5.74, 6) is -0.0137. The molecule has 34 heavy (non-hydrogen) atoms. The van der Waals surface area contributed by atoms with Crippen LogP contribution in [0.25, 0.3) is 0 Å². The Bertz CT molecular complexity index is 981. The third-order valence-electron chi connectivity index (χ3n) is 10.3. The standard InChI is InChI=1S/C16H38B11N5O2/c1-10(2,3)32-9-29-4-5(6(28)33)7(30-9)31-11(18)8(17)12(19,34)13(20,16(25,26)27)15(23,24)14(11,21)22/h4,8,34H,17-27H2,1-3H3,(H2,28,33)(H2,29,30,31,32). The van der Waals surface area contributed by atoms with Gasteiger partial charge in [-0.2, -0.15) is 4.98 Å². The quantitative estimate of drug-likeness (QED) is 0.331. The minimum absolute atomic E-state index is 0.177. The summed E-state index contributed by atoms with van der Waals surface area (Å²) >= 11 is 0. The van der Waals surface area contributed by atoms with Gasteiger partial charge in [-0.15, -0.1) is 5.11 Å². The third-order valence-corrected chi connectivity index (χ3v) is 10.3. The first-order valence-electron chi connectivity index (χ1n) is 12.3. The molecule has 1 aliphatic carbocycles. The average Bonchev–Trinajstić information content (AvgIpc) is 2.62. The lowest BCUT2D eigenvalue weighted by molar-refractivity contribution is 0.0156. The Morgan fingerprint density at radius 3 is 1.97 bits per heavy atom. The predicted octanol–water partition coefficient (Wildman–Crippen LogP) is -9.19. The van der Waals surface area contributed by atoms with E-state index in [9.17, 15) is 9.90 Å². The number of hydrogen-bond acceptors (Lipinski definition) is 6. The van der Waals surface area contributed by atoms with Crippen LogP contribution in [0.5, 0.6) is 0 Å². The Hall–Kier alpha value is -1.18. The molecule has 1 amide bonds. The lowest BCUT2D eigenvalue weighted by Gasteiger charge is -2.78. The van der Waals surface area contributed by atoms with Gasteiger partial charge >= 0.3 is 0 Å². The maximum atomic E-state index is 12.3. The fraction of sp³-hybridized carbons (Fsp3) is 0.688. The smallest absolute Gasteiger partial charge is 0.254 e. The number of primary amides is 1. The Morgan fingerprint density at radius 1 is 1.06 bits per heavy atom. The van der Waals surface area contributed by atoms with Crippen molar-refractivity contribution in [3.63, 3.8) is 0 Å². The van der Waals surface area contributed by atoms with Crippen LogP contribution in [0.3, 0.4) is 0 Å². The van der Waals surface area contributed by atoms with Crippen LogP contribution >= 0.6 is 0 Å². The number of amides is 1. The second-order valence-corrected chi connectivity index (χ2v) is 14.0. The van der Waals surface area contributed by atoms with Crippen LogP contribution in [0, 0.1) is 0 Å². The van der Waals surface area contributed by atoms with Crippen molar-refractivity contribution in [2.24, 2.45) is 5.73 Å². The highest BCUT2D eigenvalue weighted by molar-refractivity contribution is 6.69. The number of aromatic nitrogens is 2. The van der Waals surface area contributed by atoms with Crippen LogP contribution in [-0.4, -0.2) is 124 Å². The molecule has 5 N–H and O–H groups in total. The van der Waals surface area contributed by atoms with E-state index in [4.69, 9.17) is 5.73 Å². The van der Waals surface area contributed by atoms with E-state index in [0.29, 0.717) is 11.8 Å². The Labute approximate surface area is 215 Å². The molecule has 18 heteroatoms. The number of aliphatic hydroxyl groups is 1. The molecule has 1 aromatic heterocycles. The second kappa shape index (κ2) is 8.17. The van der Waals surface area contributed by atoms with Crippen LogP contribution < -0.4 is 16.4 Å². The minimum atomic E-state index is -1.04. The SMILES string of the molecule is BC1C(B)(O)C(B)(C(B)(B)B)C(B)(B)C(B)(B)C1(B)Nc1nc(NC(C)(C)C)ncc1C(N)=O. The van der Waals surface area contributed by atoms with Gasteiger partial charge in [-0.05, 0) is 32.0 Å². The van der Waals surface area contributed by atoms with Gasteiger partial charge in [0.1, 0.15) is 52.9 Å².